The molecule has 0 unspecified atom stereocenters. The molecule has 0 fully saturated rings. The Balaban J connectivity index is 2.86. The zero-order valence-electron chi connectivity index (χ0n) is 11.0. The van der Waals surface area contributed by atoms with E-state index in [4.69, 9.17) is 9.84 Å². The molecule has 5 nitrogen and oxygen atoms in total. The number of hydrogen-bond donors (Lipinski definition) is 2. The number of ether oxygens (including phenoxy) is 1. The van der Waals surface area contributed by atoms with Crippen LogP contribution < -0.4 is 4.72 Å². The van der Waals surface area contributed by atoms with Crippen molar-refractivity contribution in [3.05, 3.63) is 16.5 Å². The Morgan fingerprint density at radius 1 is 1.50 bits per heavy atom. The van der Waals surface area contributed by atoms with Gasteiger partial charge in [-0.3, -0.25) is 0 Å². The van der Waals surface area contributed by atoms with E-state index >= 15 is 0 Å². The Labute approximate surface area is 112 Å². The van der Waals surface area contributed by atoms with Crippen LogP contribution in [-0.4, -0.2) is 32.8 Å². The minimum Gasteiger partial charge on any atom is -0.391 e. The van der Waals surface area contributed by atoms with Crippen molar-refractivity contribution in [3.8, 4) is 0 Å². The monoisotopic (exact) mass is 293 g/mol. The average Bonchev–Trinajstić information content (AvgIpc) is 2.69. The van der Waals surface area contributed by atoms with Gasteiger partial charge in [-0.2, -0.15) is 0 Å². The first-order valence-electron chi connectivity index (χ1n) is 5.47. The SMILES string of the molecule is COC(C)(C)CNS(=O)(=O)c1cc(C)c(CO)s1. The second kappa shape index (κ2) is 5.66. The van der Waals surface area contributed by atoms with Gasteiger partial charge in [-0.15, -0.1) is 11.3 Å². The van der Waals surface area contributed by atoms with Crippen molar-refractivity contribution in [3.63, 3.8) is 0 Å². The second-order valence-corrected chi connectivity index (χ2v) is 7.75. The molecule has 0 aliphatic carbocycles. The molecule has 1 rings (SSSR count). The molecule has 1 aromatic rings. The van der Waals surface area contributed by atoms with Gasteiger partial charge in [0.25, 0.3) is 0 Å². The van der Waals surface area contributed by atoms with Gasteiger partial charge in [-0.05, 0) is 32.4 Å². The minimum absolute atomic E-state index is 0.143. The van der Waals surface area contributed by atoms with Crippen molar-refractivity contribution < 1.29 is 18.3 Å². The third-order valence-corrected chi connectivity index (χ3v) is 5.74. The van der Waals surface area contributed by atoms with Crippen LogP contribution in [0.25, 0.3) is 0 Å². The molecule has 0 aliphatic rings. The summed E-state index contributed by atoms with van der Waals surface area (Å²) in [4.78, 5) is 0.668. The van der Waals surface area contributed by atoms with Crippen LogP contribution in [0, 0.1) is 6.92 Å². The van der Waals surface area contributed by atoms with Gasteiger partial charge in [-0.25, -0.2) is 13.1 Å². The fraction of sp³-hybridized carbons (Fsp3) is 0.636. The smallest absolute Gasteiger partial charge is 0.250 e. The standard InChI is InChI=1S/C11H19NO4S2/c1-8-5-10(17-9(8)6-13)18(14,15)12-7-11(2,3)16-4/h5,12-13H,6-7H2,1-4H3. The van der Waals surface area contributed by atoms with Crippen LogP contribution in [0.1, 0.15) is 24.3 Å². The molecule has 0 bridgehead atoms. The number of rotatable bonds is 6. The number of sulfonamides is 1. The summed E-state index contributed by atoms with van der Waals surface area (Å²) in [7, 11) is -2.00. The van der Waals surface area contributed by atoms with Gasteiger partial charge in [0.1, 0.15) is 4.21 Å². The molecule has 2 N–H and O–H groups in total. The summed E-state index contributed by atoms with van der Waals surface area (Å²) >= 11 is 1.08. The quantitative estimate of drug-likeness (QED) is 0.828. The van der Waals surface area contributed by atoms with Crippen LogP contribution in [0.3, 0.4) is 0 Å². The minimum atomic E-state index is -3.54. The Bertz CT molecular complexity index is 505. The van der Waals surface area contributed by atoms with Crippen LogP contribution >= 0.6 is 11.3 Å². The number of hydrogen-bond acceptors (Lipinski definition) is 5. The predicted molar refractivity (Wildman–Crippen MR) is 71.3 cm³/mol. The Morgan fingerprint density at radius 2 is 2.11 bits per heavy atom. The highest BCUT2D eigenvalue weighted by Gasteiger charge is 2.23. The zero-order valence-corrected chi connectivity index (χ0v) is 12.6. The molecular weight excluding hydrogens is 274 g/mol. The van der Waals surface area contributed by atoms with Gasteiger partial charge < -0.3 is 9.84 Å². The number of methoxy groups -OCH3 is 1. The number of thiophene rings is 1. The molecule has 0 atom stereocenters. The van der Waals surface area contributed by atoms with Crippen molar-refractivity contribution in [2.75, 3.05) is 13.7 Å². The van der Waals surface area contributed by atoms with E-state index in [0.717, 1.165) is 16.9 Å². The third kappa shape index (κ3) is 3.76. The summed E-state index contributed by atoms with van der Waals surface area (Å²) in [5, 5.41) is 9.07. The molecule has 0 radical (unpaired) electrons. The molecular formula is C11H19NO4S2. The van der Waals surface area contributed by atoms with Crippen LogP contribution in [0.4, 0.5) is 0 Å². The molecule has 0 saturated carbocycles. The molecule has 104 valence electrons. The van der Waals surface area contributed by atoms with Crippen molar-refractivity contribution in [2.24, 2.45) is 0 Å². The van der Waals surface area contributed by atoms with Crippen molar-refractivity contribution in [1.29, 1.82) is 0 Å². The number of aliphatic hydroxyl groups excluding tert-OH is 1. The molecule has 0 spiro atoms. The van der Waals surface area contributed by atoms with E-state index in [9.17, 15) is 8.42 Å². The van der Waals surface area contributed by atoms with Gasteiger partial charge >= 0.3 is 0 Å². The van der Waals surface area contributed by atoms with Crippen molar-refractivity contribution >= 4 is 21.4 Å². The van der Waals surface area contributed by atoms with Gasteiger partial charge in [0.15, 0.2) is 0 Å². The van der Waals surface area contributed by atoms with Gasteiger partial charge in [0.2, 0.25) is 10.0 Å². The fourth-order valence-corrected chi connectivity index (χ4v) is 3.88. The molecule has 0 aliphatic heterocycles. The lowest BCUT2D eigenvalue weighted by atomic mass is 10.1. The molecule has 1 heterocycles. The van der Waals surface area contributed by atoms with Gasteiger partial charge in [0, 0.05) is 18.5 Å². The molecule has 1 aromatic heterocycles. The maximum atomic E-state index is 12.0. The van der Waals surface area contributed by atoms with Gasteiger partial charge in [0.05, 0.1) is 12.2 Å². The van der Waals surface area contributed by atoms with Crippen molar-refractivity contribution in [1.82, 2.24) is 4.72 Å². The van der Waals surface area contributed by atoms with Crippen LogP contribution in [-0.2, 0) is 21.4 Å². The highest BCUT2D eigenvalue weighted by atomic mass is 32.2. The van der Waals surface area contributed by atoms with Crippen LogP contribution in [0.5, 0.6) is 0 Å². The molecule has 0 saturated heterocycles. The highest BCUT2D eigenvalue weighted by Crippen LogP contribution is 2.26. The third-order valence-electron chi connectivity index (χ3n) is 2.65. The Kier molecular flexibility index (Phi) is 4.90. The van der Waals surface area contributed by atoms with E-state index in [1.165, 1.54) is 7.11 Å². The summed E-state index contributed by atoms with van der Waals surface area (Å²) < 4.78 is 32.0. The molecule has 7 heteroatoms. The largest absolute Gasteiger partial charge is 0.391 e. The maximum Gasteiger partial charge on any atom is 0.250 e. The fourth-order valence-electron chi connectivity index (χ4n) is 1.19. The summed E-state index contributed by atoms with van der Waals surface area (Å²) in [5.74, 6) is 0. The Hall–Kier alpha value is -0.470. The first-order valence-corrected chi connectivity index (χ1v) is 7.77. The highest BCUT2D eigenvalue weighted by molar-refractivity contribution is 7.91. The predicted octanol–water partition coefficient (Wildman–Crippen LogP) is 1.25. The van der Waals surface area contributed by atoms with E-state index in [1.807, 2.05) is 0 Å². The van der Waals surface area contributed by atoms with E-state index in [0.29, 0.717) is 4.88 Å². The van der Waals surface area contributed by atoms with E-state index in [1.54, 1.807) is 26.8 Å². The zero-order chi connectivity index (χ0) is 14.0. The van der Waals surface area contributed by atoms with Crippen molar-refractivity contribution in [2.45, 2.75) is 37.2 Å². The topological polar surface area (TPSA) is 75.6 Å². The molecule has 18 heavy (non-hydrogen) atoms. The molecule has 0 aromatic carbocycles. The number of aliphatic hydroxyl groups is 1. The van der Waals surface area contributed by atoms with E-state index in [2.05, 4.69) is 4.72 Å². The second-order valence-electron chi connectivity index (χ2n) is 4.62. The summed E-state index contributed by atoms with van der Waals surface area (Å²) in [5.41, 5.74) is 0.230. The summed E-state index contributed by atoms with van der Waals surface area (Å²) in [6, 6.07) is 1.57. The lowest BCUT2D eigenvalue weighted by molar-refractivity contribution is 0.0276. The first-order chi connectivity index (χ1) is 8.22. The lowest BCUT2D eigenvalue weighted by Crippen LogP contribution is -2.39. The first kappa shape index (κ1) is 15.6. The van der Waals surface area contributed by atoms with Gasteiger partial charge in [-0.1, -0.05) is 0 Å². The summed E-state index contributed by atoms with van der Waals surface area (Å²) in [6.45, 7) is 5.43. The van der Waals surface area contributed by atoms with E-state index in [-0.39, 0.29) is 17.4 Å². The Morgan fingerprint density at radius 3 is 2.56 bits per heavy atom. The maximum absolute atomic E-state index is 12.0. The lowest BCUT2D eigenvalue weighted by Gasteiger charge is -2.22. The molecule has 0 amide bonds. The van der Waals surface area contributed by atoms with E-state index < -0.39 is 15.6 Å². The number of nitrogens with one attached hydrogen (secondary N) is 1. The normalized spacial score (nSPS) is 12.9. The van der Waals surface area contributed by atoms with Crippen LogP contribution in [0.15, 0.2) is 10.3 Å². The summed E-state index contributed by atoms with van der Waals surface area (Å²) in [6.07, 6.45) is 0. The number of aryl methyl sites for hydroxylation is 1. The van der Waals surface area contributed by atoms with Crippen LogP contribution in [0.2, 0.25) is 0 Å². The average molecular weight is 293 g/mol.